The second-order valence-corrected chi connectivity index (χ2v) is 11.4. The van der Waals surface area contributed by atoms with Crippen LogP contribution in [0.3, 0.4) is 0 Å². The van der Waals surface area contributed by atoms with Gasteiger partial charge < -0.3 is 34.7 Å². The molecule has 2 bridgehead atoms. The number of amides is 1. The Morgan fingerprint density at radius 3 is 2.80 bits per heavy atom. The molecule has 4 heterocycles. The zero-order valence-electron chi connectivity index (χ0n) is 22.6. The number of fused-ring (bicyclic) bond motifs is 3. The summed E-state index contributed by atoms with van der Waals surface area (Å²) in [5.74, 6) is 0.512. The lowest BCUT2D eigenvalue weighted by molar-refractivity contribution is 0.0272. The minimum atomic E-state index is -0.675. The van der Waals surface area contributed by atoms with Gasteiger partial charge >= 0.3 is 6.09 Å². The molecule has 0 spiro atoms. The number of aliphatic hydroxyl groups is 1. The quantitative estimate of drug-likeness (QED) is 0.402. The largest absolute Gasteiger partial charge is 0.446 e. The van der Waals surface area contributed by atoms with Crippen LogP contribution in [-0.4, -0.2) is 81.3 Å². The van der Waals surface area contributed by atoms with E-state index in [4.69, 9.17) is 26.1 Å². The van der Waals surface area contributed by atoms with Crippen LogP contribution in [0.2, 0.25) is 5.02 Å². The van der Waals surface area contributed by atoms with Gasteiger partial charge in [0.15, 0.2) is 5.82 Å². The third-order valence-corrected chi connectivity index (χ3v) is 8.26. The summed E-state index contributed by atoms with van der Waals surface area (Å²) in [4.78, 5) is 27.5. The number of hydrogen-bond acceptors (Lipinski definition) is 9. The maximum Gasteiger partial charge on any atom is 0.407 e. The van der Waals surface area contributed by atoms with E-state index in [9.17, 15) is 9.90 Å². The predicted octanol–water partition coefficient (Wildman–Crippen LogP) is 3.89. The highest BCUT2D eigenvalue weighted by molar-refractivity contribution is 6.33. The molecule has 0 radical (unpaired) electrons. The van der Waals surface area contributed by atoms with Gasteiger partial charge in [-0.2, -0.15) is 0 Å². The summed E-state index contributed by atoms with van der Waals surface area (Å²) in [6.07, 6.45) is 2.43. The summed E-state index contributed by atoms with van der Waals surface area (Å²) in [5, 5.41) is 16.4. The van der Waals surface area contributed by atoms with E-state index in [1.165, 1.54) is 19.3 Å². The molecule has 2 aromatic heterocycles. The first-order chi connectivity index (χ1) is 19.2. The Kier molecular flexibility index (Phi) is 7.18. The Hall–Kier alpha value is -3.22. The van der Waals surface area contributed by atoms with Gasteiger partial charge in [-0.25, -0.2) is 24.1 Å². The van der Waals surface area contributed by atoms with E-state index >= 15 is 4.39 Å². The maximum absolute atomic E-state index is 15.6. The Bertz CT molecular complexity index is 1440. The number of aliphatic hydroxyl groups excluding tert-OH is 1. The Morgan fingerprint density at radius 2 is 2.10 bits per heavy atom. The van der Waals surface area contributed by atoms with Crippen molar-refractivity contribution >= 4 is 40.6 Å². The molecule has 40 heavy (non-hydrogen) atoms. The molecule has 1 aromatic carbocycles. The summed E-state index contributed by atoms with van der Waals surface area (Å²) >= 11 is 6.52. The number of alkyl carbamates (subject to hydrolysis) is 1. The summed E-state index contributed by atoms with van der Waals surface area (Å²) in [7, 11) is 1.50. The Morgan fingerprint density at radius 1 is 1.27 bits per heavy atom. The molecule has 214 valence electrons. The van der Waals surface area contributed by atoms with Crippen LogP contribution < -0.4 is 15.5 Å². The minimum absolute atomic E-state index is 0.0329. The SMILES string of the molecule is CNC(=O)O[C@@H]1CC[C@@H](O)[C@H](Nc2ncc(Cl)c(-c3cc(F)c4nc(N5C[C@@H]6C[C@H]5CO6)n(C(C)C)c4c3)n2)C1. The summed E-state index contributed by atoms with van der Waals surface area (Å²) in [6.45, 7) is 5.50. The number of aromatic nitrogens is 4. The van der Waals surface area contributed by atoms with Gasteiger partial charge in [0.1, 0.15) is 11.6 Å². The Labute approximate surface area is 236 Å². The first-order valence-electron chi connectivity index (χ1n) is 13.7. The lowest BCUT2D eigenvalue weighted by Crippen LogP contribution is -2.43. The summed E-state index contributed by atoms with van der Waals surface area (Å²) < 4.78 is 28.8. The van der Waals surface area contributed by atoms with Crippen molar-refractivity contribution in [1.82, 2.24) is 24.8 Å². The molecule has 0 unspecified atom stereocenters. The number of imidazole rings is 1. The first-order valence-corrected chi connectivity index (χ1v) is 14.0. The van der Waals surface area contributed by atoms with Gasteiger partial charge in [0, 0.05) is 31.6 Å². The molecule has 3 aliphatic rings. The van der Waals surface area contributed by atoms with Gasteiger partial charge in [-0.15, -0.1) is 0 Å². The fourth-order valence-electron chi connectivity index (χ4n) is 6.03. The lowest BCUT2D eigenvalue weighted by Gasteiger charge is -2.33. The maximum atomic E-state index is 15.6. The van der Waals surface area contributed by atoms with Crippen molar-refractivity contribution in [3.05, 3.63) is 29.2 Å². The fraction of sp³-hybridized carbons (Fsp3) is 0.556. The van der Waals surface area contributed by atoms with Gasteiger partial charge in [-0.1, -0.05) is 11.6 Å². The van der Waals surface area contributed by atoms with Crippen molar-refractivity contribution in [2.45, 2.75) is 76.0 Å². The number of carbonyl (C=O) groups is 1. The van der Waals surface area contributed by atoms with E-state index in [0.29, 0.717) is 48.2 Å². The summed E-state index contributed by atoms with van der Waals surface area (Å²) in [6, 6.07) is 3.08. The average molecular weight is 574 g/mol. The van der Waals surface area contributed by atoms with E-state index in [-0.39, 0.29) is 35.3 Å². The van der Waals surface area contributed by atoms with Crippen molar-refractivity contribution in [3.8, 4) is 11.3 Å². The summed E-state index contributed by atoms with van der Waals surface area (Å²) in [5.41, 5.74) is 1.80. The normalized spacial score (nSPS) is 26.1. The van der Waals surface area contributed by atoms with E-state index in [2.05, 4.69) is 43.9 Å². The van der Waals surface area contributed by atoms with Crippen molar-refractivity contribution in [3.63, 3.8) is 0 Å². The lowest BCUT2D eigenvalue weighted by atomic mass is 9.90. The molecular weight excluding hydrogens is 541 g/mol. The van der Waals surface area contributed by atoms with Crippen molar-refractivity contribution < 1.29 is 23.8 Å². The van der Waals surface area contributed by atoms with E-state index < -0.39 is 24.1 Å². The molecule has 2 aliphatic heterocycles. The van der Waals surface area contributed by atoms with E-state index in [0.717, 1.165) is 18.9 Å². The number of hydrogen-bond donors (Lipinski definition) is 3. The van der Waals surface area contributed by atoms with Crippen LogP contribution in [0.25, 0.3) is 22.3 Å². The number of anilines is 2. The molecule has 13 heteroatoms. The number of benzene rings is 1. The van der Waals surface area contributed by atoms with Crippen LogP contribution in [0.4, 0.5) is 21.1 Å². The molecule has 2 saturated heterocycles. The van der Waals surface area contributed by atoms with Crippen LogP contribution in [0.1, 0.15) is 45.6 Å². The number of rotatable bonds is 6. The number of ether oxygens (including phenoxy) is 2. The minimum Gasteiger partial charge on any atom is -0.446 e. The van der Waals surface area contributed by atoms with E-state index in [1.807, 2.05) is 6.07 Å². The molecule has 3 N–H and O–H groups in total. The second kappa shape index (κ2) is 10.6. The highest BCUT2D eigenvalue weighted by Gasteiger charge is 2.41. The molecular formula is C27H33ClFN7O4. The fourth-order valence-corrected chi connectivity index (χ4v) is 6.23. The monoisotopic (exact) mass is 573 g/mol. The van der Waals surface area contributed by atoms with E-state index in [1.54, 1.807) is 0 Å². The molecule has 5 atom stereocenters. The molecule has 11 nitrogen and oxygen atoms in total. The Balaban J connectivity index is 1.32. The van der Waals surface area contributed by atoms with Crippen LogP contribution in [0, 0.1) is 5.82 Å². The van der Waals surface area contributed by atoms with Crippen LogP contribution in [-0.2, 0) is 9.47 Å². The molecule has 1 aliphatic carbocycles. The number of halogens is 2. The topological polar surface area (TPSA) is 127 Å². The third kappa shape index (κ3) is 4.92. The standard InChI is InChI=1S/C27H33ClFN7O4/c1-13(2)36-21-7-14(6-19(29)24(21)34-26(36)35-11-17-8-15(35)12-39-17)23-18(28)10-31-25(33-23)32-20-9-16(4-5-22(20)37)40-27(38)30-3/h6-7,10,13,15-17,20,22,37H,4-5,8-9,11-12H2,1-3H3,(H,30,38)(H,31,32,33)/t15-,16+,17-,20+,22+/m0/s1. The number of morpholine rings is 1. The van der Waals surface area contributed by atoms with Crippen LogP contribution >= 0.6 is 11.6 Å². The molecule has 3 fully saturated rings. The smallest absolute Gasteiger partial charge is 0.407 e. The number of nitrogens with zero attached hydrogens (tertiary/aromatic N) is 5. The molecule has 6 rings (SSSR count). The van der Waals surface area contributed by atoms with Gasteiger partial charge in [0.05, 0.1) is 53.3 Å². The van der Waals surface area contributed by atoms with Gasteiger partial charge in [-0.05, 0) is 45.2 Å². The number of nitrogens with one attached hydrogen (secondary N) is 2. The van der Waals surface area contributed by atoms with Gasteiger partial charge in [0.2, 0.25) is 11.9 Å². The van der Waals surface area contributed by atoms with Crippen molar-refractivity contribution in [1.29, 1.82) is 0 Å². The van der Waals surface area contributed by atoms with Gasteiger partial charge in [0.25, 0.3) is 0 Å². The van der Waals surface area contributed by atoms with Gasteiger partial charge in [-0.3, -0.25) is 0 Å². The molecule has 1 saturated carbocycles. The zero-order valence-corrected chi connectivity index (χ0v) is 23.4. The van der Waals surface area contributed by atoms with Crippen LogP contribution in [0.15, 0.2) is 18.3 Å². The van der Waals surface area contributed by atoms with Crippen LogP contribution in [0.5, 0.6) is 0 Å². The average Bonchev–Trinajstić information content (AvgIpc) is 3.66. The third-order valence-electron chi connectivity index (χ3n) is 7.98. The highest BCUT2D eigenvalue weighted by Crippen LogP contribution is 2.38. The second-order valence-electron chi connectivity index (χ2n) is 11.0. The predicted molar refractivity (Wildman–Crippen MR) is 148 cm³/mol. The zero-order chi connectivity index (χ0) is 28.1. The highest BCUT2D eigenvalue weighted by atomic mass is 35.5. The number of carbonyl (C=O) groups excluding carboxylic acids is 1. The van der Waals surface area contributed by atoms with Crippen molar-refractivity contribution in [2.24, 2.45) is 0 Å². The molecule has 3 aromatic rings. The van der Waals surface area contributed by atoms with Crippen molar-refractivity contribution in [2.75, 3.05) is 30.4 Å². The first kappa shape index (κ1) is 27.0. The molecule has 1 amide bonds.